The number of amides is 2. The lowest BCUT2D eigenvalue weighted by molar-refractivity contribution is 0.0728. The topological polar surface area (TPSA) is 98.3 Å². The highest BCUT2D eigenvalue weighted by atomic mass is 16.4. The normalized spacial score (nSPS) is 13.4. The van der Waals surface area contributed by atoms with Gasteiger partial charge in [-0.15, -0.1) is 0 Å². The molecule has 0 unspecified atom stereocenters. The van der Waals surface area contributed by atoms with E-state index in [0.29, 0.717) is 23.4 Å². The monoisotopic (exact) mass is 348 g/mol. The molecule has 0 saturated carbocycles. The first-order valence-corrected chi connectivity index (χ1v) is 8.17. The number of para-hydroxylation sites is 1. The second-order valence-electron chi connectivity index (χ2n) is 5.95. The Morgan fingerprint density at radius 2 is 2.00 bits per heavy atom. The number of aromatic amines is 1. The van der Waals surface area contributed by atoms with Crippen molar-refractivity contribution in [2.24, 2.45) is 0 Å². The molecule has 0 radical (unpaired) electrons. The van der Waals surface area contributed by atoms with Crippen LogP contribution in [0.3, 0.4) is 0 Å². The van der Waals surface area contributed by atoms with Crippen molar-refractivity contribution in [1.82, 2.24) is 14.9 Å². The molecule has 0 fully saturated rings. The van der Waals surface area contributed by atoms with E-state index in [0.717, 1.165) is 21.8 Å². The maximum absolute atomic E-state index is 12.8. The third-order valence-corrected chi connectivity index (χ3v) is 4.35. The SMILES string of the molecule is O=C(O)N1CCc2[nH]c(-c3cccnc3)c(Nc3ccccc3)c2C1=O. The van der Waals surface area contributed by atoms with Gasteiger partial charge in [0.05, 0.1) is 16.9 Å². The molecule has 2 amide bonds. The maximum atomic E-state index is 12.8. The lowest BCUT2D eigenvalue weighted by atomic mass is 10.0. The minimum Gasteiger partial charge on any atom is -0.465 e. The lowest BCUT2D eigenvalue weighted by Crippen LogP contribution is -2.41. The molecule has 0 spiro atoms. The number of nitrogens with one attached hydrogen (secondary N) is 2. The number of nitrogens with zero attached hydrogens (tertiary/aromatic N) is 2. The highest BCUT2D eigenvalue weighted by molar-refractivity contribution is 6.10. The minimum atomic E-state index is -1.24. The molecule has 3 aromatic rings. The number of fused-ring (bicyclic) bond motifs is 1. The zero-order valence-electron chi connectivity index (χ0n) is 13.8. The predicted molar refractivity (Wildman–Crippen MR) is 96.5 cm³/mol. The average Bonchev–Trinajstić information content (AvgIpc) is 3.02. The molecule has 3 N–H and O–H groups in total. The zero-order valence-corrected chi connectivity index (χ0v) is 13.8. The number of aromatic nitrogens is 2. The van der Waals surface area contributed by atoms with Crippen molar-refractivity contribution in [3.8, 4) is 11.3 Å². The van der Waals surface area contributed by atoms with Crippen LogP contribution < -0.4 is 5.32 Å². The summed E-state index contributed by atoms with van der Waals surface area (Å²) in [7, 11) is 0. The maximum Gasteiger partial charge on any atom is 0.414 e. The third kappa shape index (κ3) is 2.69. The van der Waals surface area contributed by atoms with Crippen LogP contribution in [0.4, 0.5) is 16.2 Å². The number of hydrogen-bond acceptors (Lipinski definition) is 4. The van der Waals surface area contributed by atoms with Crippen molar-refractivity contribution in [1.29, 1.82) is 0 Å². The highest BCUT2D eigenvalue weighted by Gasteiger charge is 2.34. The zero-order chi connectivity index (χ0) is 18.1. The smallest absolute Gasteiger partial charge is 0.414 e. The molecule has 4 rings (SSSR count). The van der Waals surface area contributed by atoms with E-state index in [1.165, 1.54) is 0 Å². The summed E-state index contributed by atoms with van der Waals surface area (Å²) in [5, 5.41) is 12.6. The van der Waals surface area contributed by atoms with Gasteiger partial charge in [-0.25, -0.2) is 9.69 Å². The number of carboxylic acid groups (broad SMARTS) is 1. The van der Waals surface area contributed by atoms with Gasteiger partial charge >= 0.3 is 6.09 Å². The van der Waals surface area contributed by atoms with Crippen LogP contribution in [-0.4, -0.2) is 38.5 Å². The summed E-state index contributed by atoms with van der Waals surface area (Å²) in [4.78, 5) is 32.4. The van der Waals surface area contributed by atoms with Gasteiger partial charge in [-0.3, -0.25) is 9.78 Å². The molecule has 130 valence electrons. The molecule has 0 bridgehead atoms. The molecule has 3 heterocycles. The molecule has 7 heteroatoms. The first kappa shape index (κ1) is 15.9. The van der Waals surface area contributed by atoms with Crippen molar-refractivity contribution < 1.29 is 14.7 Å². The summed E-state index contributed by atoms with van der Waals surface area (Å²) in [6.07, 6.45) is 2.58. The first-order valence-electron chi connectivity index (χ1n) is 8.17. The number of H-pyrrole nitrogens is 1. The van der Waals surface area contributed by atoms with Crippen molar-refractivity contribution in [3.63, 3.8) is 0 Å². The largest absolute Gasteiger partial charge is 0.465 e. The molecule has 0 atom stereocenters. The number of pyridine rings is 1. The van der Waals surface area contributed by atoms with Crippen molar-refractivity contribution in [2.75, 3.05) is 11.9 Å². The number of carbonyl (C=O) groups is 2. The Bertz CT molecular complexity index is 967. The Labute approximate surface area is 149 Å². The van der Waals surface area contributed by atoms with Gasteiger partial charge in [0.25, 0.3) is 5.91 Å². The van der Waals surface area contributed by atoms with Crippen LogP contribution in [0.5, 0.6) is 0 Å². The summed E-state index contributed by atoms with van der Waals surface area (Å²) in [6, 6.07) is 13.1. The van der Waals surface area contributed by atoms with E-state index in [4.69, 9.17) is 0 Å². The molecule has 1 aromatic carbocycles. The molecule has 0 aliphatic carbocycles. The Morgan fingerprint density at radius 3 is 2.69 bits per heavy atom. The van der Waals surface area contributed by atoms with E-state index < -0.39 is 12.0 Å². The van der Waals surface area contributed by atoms with Crippen molar-refractivity contribution >= 4 is 23.4 Å². The third-order valence-electron chi connectivity index (χ3n) is 4.35. The van der Waals surface area contributed by atoms with E-state index in [1.54, 1.807) is 12.4 Å². The fourth-order valence-corrected chi connectivity index (χ4v) is 3.14. The van der Waals surface area contributed by atoms with Gasteiger partial charge in [0.1, 0.15) is 0 Å². The molecular weight excluding hydrogens is 332 g/mol. The highest BCUT2D eigenvalue weighted by Crippen LogP contribution is 2.37. The summed E-state index contributed by atoms with van der Waals surface area (Å²) in [5.74, 6) is -0.524. The number of rotatable bonds is 3. The number of hydrogen-bond donors (Lipinski definition) is 3. The molecule has 26 heavy (non-hydrogen) atoms. The van der Waals surface area contributed by atoms with Gasteiger partial charge in [0, 0.05) is 42.3 Å². The van der Waals surface area contributed by atoms with Gasteiger partial charge in [-0.05, 0) is 24.3 Å². The second kappa shape index (κ2) is 6.36. The van der Waals surface area contributed by atoms with E-state index in [1.807, 2.05) is 42.5 Å². The van der Waals surface area contributed by atoms with Crippen molar-refractivity contribution in [2.45, 2.75) is 6.42 Å². The van der Waals surface area contributed by atoms with Crippen LogP contribution >= 0.6 is 0 Å². The Morgan fingerprint density at radius 1 is 1.19 bits per heavy atom. The molecule has 0 saturated heterocycles. The standard InChI is InChI=1S/C19H16N4O3/c24-18-15-14(8-10-23(18)19(25)26)22-16(12-5-4-9-20-11-12)17(15)21-13-6-2-1-3-7-13/h1-7,9,11,21-22H,8,10H2,(H,25,26). The Hall–Kier alpha value is -3.61. The summed E-state index contributed by atoms with van der Waals surface area (Å²) < 4.78 is 0. The molecule has 2 aromatic heterocycles. The van der Waals surface area contributed by atoms with Gasteiger partial charge in [-0.2, -0.15) is 0 Å². The van der Waals surface area contributed by atoms with E-state index in [9.17, 15) is 14.7 Å². The molecule has 7 nitrogen and oxygen atoms in total. The van der Waals surface area contributed by atoms with Gasteiger partial charge < -0.3 is 15.4 Å². The van der Waals surface area contributed by atoms with Crippen LogP contribution in [0, 0.1) is 0 Å². The van der Waals surface area contributed by atoms with Gasteiger partial charge in [0.15, 0.2) is 0 Å². The minimum absolute atomic E-state index is 0.138. The van der Waals surface area contributed by atoms with Crippen LogP contribution in [0.15, 0.2) is 54.9 Å². The summed E-state index contributed by atoms with van der Waals surface area (Å²) in [5.41, 5.74) is 3.99. The summed E-state index contributed by atoms with van der Waals surface area (Å²) >= 11 is 0. The van der Waals surface area contributed by atoms with Crippen LogP contribution in [0.1, 0.15) is 16.1 Å². The Balaban J connectivity index is 1.87. The van der Waals surface area contributed by atoms with Crippen LogP contribution in [0.25, 0.3) is 11.3 Å². The predicted octanol–water partition coefficient (Wildman–Crippen LogP) is 3.50. The summed E-state index contributed by atoms with van der Waals surface area (Å²) in [6.45, 7) is 0.138. The van der Waals surface area contributed by atoms with Crippen LogP contribution in [-0.2, 0) is 6.42 Å². The van der Waals surface area contributed by atoms with Gasteiger partial charge in [0.2, 0.25) is 0 Å². The fourth-order valence-electron chi connectivity index (χ4n) is 3.14. The first-order chi connectivity index (χ1) is 12.6. The van der Waals surface area contributed by atoms with Crippen molar-refractivity contribution in [3.05, 3.63) is 66.1 Å². The average molecular weight is 348 g/mol. The Kier molecular flexibility index (Phi) is 3.89. The van der Waals surface area contributed by atoms with E-state index in [2.05, 4.69) is 15.3 Å². The fraction of sp³-hybridized carbons (Fsp3) is 0.105. The molecular formula is C19H16N4O3. The number of imide groups is 1. The lowest BCUT2D eigenvalue weighted by Gasteiger charge is -2.23. The number of anilines is 2. The van der Waals surface area contributed by atoms with Crippen LogP contribution in [0.2, 0.25) is 0 Å². The molecule has 1 aliphatic heterocycles. The number of carbonyl (C=O) groups excluding carboxylic acids is 1. The molecule has 1 aliphatic rings. The second-order valence-corrected chi connectivity index (χ2v) is 5.95. The number of benzene rings is 1. The van der Waals surface area contributed by atoms with E-state index >= 15 is 0 Å². The van der Waals surface area contributed by atoms with Gasteiger partial charge in [-0.1, -0.05) is 18.2 Å². The van der Waals surface area contributed by atoms with E-state index in [-0.39, 0.29) is 6.54 Å². The quantitative estimate of drug-likeness (QED) is 0.673.